The average Bonchev–Trinajstić information content (AvgIpc) is 3.70. The van der Waals surface area contributed by atoms with Crippen molar-refractivity contribution < 1.29 is 27.8 Å². The minimum absolute atomic E-state index is 0.0529. The molecule has 2 N–H and O–H groups in total. The number of rotatable bonds is 12. The molecule has 0 saturated carbocycles. The van der Waals surface area contributed by atoms with Gasteiger partial charge in [-0.2, -0.15) is 0 Å². The van der Waals surface area contributed by atoms with Crippen LogP contribution in [0.25, 0.3) is 22.3 Å². The Morgan fingerprint density at radius 1 is 1.02 bits per heavy atom. The Balaban J connectivity index is 1.45. The van der Waals surface area contributed by atoms with Gasteiger partial charge in [-0.25, -0.2) is 13.8 Å². The number of aromatic nitrogens is 3. The number of nitrogens with zero attached hydrogens (tertiary/aromatic N) is 1. The number of hydrogen-bond donors (Lipinski definition) is 2. The molecule has 3 aromatic carbocycles. The average molecular weight is 679 g/mol. The minimum atomic E-state index is -0.724. The molecule has 7 nitrogen and oxygen atoms in total. The van der Waals surface area contributed by atoms with Crippen LogP contribution in [0.3, 0.4) is 0 Å². The molecular weight excluding hydrogens is 644 g/mol. The van der Waals surface area contributed by atoms with Gasteiger partial charge in [-0.3, -0.25) is 9.59 Å². The van der Waals surface area contributed by atoms with E-state index < -0.39 is 22.5 Å². The van der Waals surface area contributed by atoms with Crippen LogP contribution in [0.2, 0.25) is 0 Å². The lowest BCUT2D eigenvalue weighted by Gasteiger charge is -2.30. The van der Waals surface area contributed by atoms with E-state index in [4.69, 9.17) is 9.47 Å². The Bertz CT molecular complexity index is 1870. The van der Waals surface area contributed by atoms with Crippen molar-refractivity contribution in [1.82, 2.24) is 15.0 Å². The highest BCUT2D eigenvalue weighted by Crippen LogP contribution is 2.40. The number of methoxy groups -OCH3 is 1. The second-order valence-electron chi connectivity index (χ2n) is 12.0. The first kappa shape index (κ1) is 32.1. The number of nitrogens with one attached hydrogen (secondary N) is 2. The Kier molecular flexibility index (Phi) is 9.25. The maximum absolute atomic E-state index is 15.2. The molecule has 0 aliphatic heterocycles. The lowest BCUT2D eigenvalue weighted by molar-refractivity contribution is -0.151. The normalized spacial score (nSPS) is 13.0. The zero-order chi connectivity index (χ0) is 32.4. The Labute approximate surface area is 268 Å². The Morgan fingerprint density at radius 3 is 2.53 bits per heavy atom. The molecule has 2 heterocycles. The summed E-state index contributed by atoms with van der Waals surface area (Å²) < 4.78 is 41.9. The monoisotopic (exact) mass is 677 g/mol. The van der Waals surface area contributed by atoms with Crippen molar-refractivity contribution >= 4 is 39.1 Å². The molecule has 0 bridgehead atoms. The Hall–Kier alpha value is -4.31. The third-order valence-corrected chi connectivity index (χ3v) is 8.92. The fraction of sp³-hybridized carbons (Fsp3) is 0.286. The van der Waals surface area contributed by atoms with E-state index in [0.717, 1.165) is 35.0 Å². The molecule has 1 unspecified atom stereocenters. The number of fused-ring (bicyclic) bond motifs is 1. The quantitative estimate of drug-likeness (QED) is 0.0779. The molecule has 0 fully saturated rings. The molecule has 10 heteroatoms. The van der Waals surface area contributed by atoms with E-state index in [1.54, 1.807) is 18.5 Å². The summed E-state index contributed by atoms with van der Waals surface area (Å²) in [6.07, 6.45) is 6.85. The second kappa shape index (κ2) is 13.0. The first-order chi connectivity index (χ1) is 21.5. The topological polar surface area (TPSA) is 97.1 Å². The highest BCUT2D eigenvalue weighted by atomic mass is 79.9. The van der Waals surface area contributed by atoms with Gasteiger partial charge in [0, 0.05) is 44.9 Å². The molecule has 0 radical (unpaired) electrons. The molecule has 45 heavy (non-hydrogen) atoms. The number of H-pyrrole nitrogens is 2. The summed E-state index contributed by atoms with van der Waals surface area (Å²) in [7, 11) is 1.40. The molecular formula is C35H34BrF2N3O4. The number of aldehydes is 1. The summed E-state index contributed by atoms with van der Waals surface area (Å²) in [4.78, 5) is 34.8. The van der Waals surface area contributed by atoms with Crippen LogP contribution in [-0.4, -0.2) is 34.3 Å². The maximum Gasteiger partial charge on any atom is 0.311 e. The van der Waals surface area contributed by atoms with Crippen LogP contribution < -0.4 is 4.74 Å². The number of aromatic amines is 2. The molecule has 2 aromatic heterocycles. The van der Waals surface area contributed by atoms with E-state index in [0.29, 0.717) is 23.6 Å². The number of carbonyl (C=O) groups is 2. The predicted molar refractivity (Wildman–Crippen MR) is 173 cm³/mol. The summed E-state index contributed by atoms with van der Waals surface area (Å²) in [5, 5.41) is 0.514. The number of unbranched alkanes of at least 4 members (excludes halogenated alkanes) is 1. The summed E-state index contributed by atoms with van der Waals surface area (Å²) >= 11 is 3.58. The van der Waals surface area contributed by atoms with Crippen LogP contribution in [0.5, 0.6) is 11.5 Å². The van der Waals surface area contributed by atoms with Crippen LogP contribution in [0.15, 0.2) is 71.5 Å². The van der Waals surface area contributed by atoms with Crippen molar-refractivity contribution in [2.45, 2.75) is 51.9 Å². The van der Waals surface area contributed by atoms with Gasteiger partial charge >= 0.3 is 5.97 Å². The van der Waals surface area contributed by atoms with E-state index in [9.17, 15) is 14.0 Å². The molecule has 5 aromatic rings. The zero-order valence-corrected chi connectivity index (χ0v) is 27.1. The van der Waals surface area contributed by atoms with Crippen molar-refractivity contribution in [2.24, 2.45) is 5.41 Å². The van der Waals surface area contributed by atoms with Crippen molar-refractivity contribution in [3.8, 4) is 22.9 Å². The lowest BCUT2D eigenvalue weighted by atomic mass is 9.75. The molecule has 234 valence electrons. The van der Waals surface area contributed by atoms with Gasteiger partial charge in [0.25, 0.3) is 0 Å². The number of benzene rings is 3. The number of ether oxygens (including phenoxy) is 2. The van der Waals surface area contributed by atoms with Crippen LogP contribution in [0.1, 0.15) is 68.1 Å². The van der Waals surface area contributed by atoms with Gasteiger partial charge in [0.2, 0.25) is 0 Å². The summed E-state index contributed by atoms with van der Waals surface area (Å²) in [6.45, 7) is 5.87. The first-order valence-electron chi connectivity index (χ1n) is 14.6. The highest BCUT2D eigenvalue weighted by Gasteiger charge is 2.33. The van der Waals surface area contributed by atoms with E-state index in [2.05, 4.69) is 43.9 Å². The third-order valence-electron chi connectivity index (χ3n) is 8.43. The van der Waals surface area contributed by atoms with Gasteiger partial charge in [-0.1, -0.05) is 40.9 Å². The molecule has 0 aliphatic rings. The van der Waals surface area contributed by atoms with Crippen LogP contribution in [-0.2, 0) is 14.9 Å². The van der Waals surface area contributed by atoms with Crippen LogP contribution in [0, 0.1) is 17.0 Å². The second-order valence-corrected chi connectivity index (χ2v) is 12.9. The molecule has 5 rings (SSSR count). The molecule has 1 atom stereocenters. The molecule has 0 saturated heterocycles. The fourth-order valence-electron chi connectivity index (χ4n) is 5.70. The van der Waals surface area contributed by atoms with Crippen LogP contribution >= 0.6 is 15.9 Å². The maximum atomic E-state index is 15.2. The number of halogens is 3. The molecule has 0 amide bonds. The van der Waals surface area contributed by atoms with Gasteiger partial charge in [-0.15, -0.1) is 0 Å². The van der Waals surface area contributed by atoms with E-state index in [1.807, 2.05) is 32.0 Å². The van der Waals surface area contributed by atoms with Gasteiger partial charge in [0.15, 0.2) is 17.9 Å². The van der Waals surface area contributed by atoms with Crippen molar-refractivity contribution in [3.05, 3.63) is 99.9 Å². The lowest BCUT2D eigenvalue weighted by Crippen LogP contribution is -2.27. The van der Waals surface area contributed by atoms with Crippen molar-refractivity contribution in [1.29, 1.82) is 0 Å². The van der Waals surface area contributed by atoms with Gasteiger partial charge in [-0.05, 0) is 75.6 Å². The Morgan fingerprint density at radius 2 is 1.80 bits per heavy atom. The number of carbonyl (C=O) groups excluding carboxylic acids is 2. The number of esters is 1. The minimum Gasteiger partial charge on any atom is -0.469 e. The number of imidazole rings is 1. The highest BCUT2D eigenvalue weighted by molar-refractivity contribution is 9.10. The van der Waals surface area contributed by atoms with Crippen molar-refractivity contribution in [2.75, 3.05) is 7.11 Å². The van der Waals surface area contributed by atoms with E-state index in [-0.39, 0.29) is 34.4 Å². The van der Waals surface area contributed by atoms with Gasteiger partial charge < -0.3 is 19.4 Å². The van der Waals surface area contributed by atoms with Crippen LogP contribution in [0.4, 0.5) is 8.78 Å². The number of hydrogen-bond acceptors (Lipinski definition) is 5. The smallest absolute Gasteiger partial charge is 0.311 e. The summed E-state index contributed by atoms with van der Waals surface area (Å²) in [5.41, 5.74) is 1.35. The standard InChI is InChI=1S/C35H34BrF2N3O4/c1-34(2,33(43)44-4)13-5-6-14-35(3,21-8-7-9-22(36)16-21)30-19-40-32(41-30)25-17-23(10-11-27(25)37)45-31-26(20-42)24-12-15-39-29(24)18-28(31)38/h7-12,15-20,39H,5-6,13-14H2,1-4H3,(H,40,41). The van der Waals surface area contributed by atoms with Crippen molar-refractivity contribution in [3.63, 3.8) is 0 Å². The SMILES string of the molecule is COC(=O)C(C)(C)CCCCC(C)(c1cccc(Br)c1)c1cnc(-c2cc(Oc3c(F)cc4[nH]ccc4c3C=O)ccc2F)[nH]1. The summed E-state index contributed by atoms with van der Waals surface area (Å²) in [5.74, 6) is -1.33. The first-order valence-corrected chi connectivity index (χ1v) is 15.4. The largest absolute Gasteiger partial charge is 0.469 e. The predicted octanol–water partition coefficient (Wildman–Crippen LogP) is 9.27. The van der Waals surface area contributed by atoms with Gasteiger partial charge in [0.1, 0.15) is 17.4 Å². The zero-order valence-electron chi connectivity index (χ0n) is 25.5. The van der Waals surface area contributed by atoms with Gasteiger partial charge in [0.05, 0.1) is 23.7 Å². The summed E-state index contributed by atoms with van der Waals surface area (Å²) in [6, 6.07) is 14.9. The van der Waals surface area contributed by atoms with E-state index >= 15 is 4.39 Å². The molecule has 0 spiro atoms. The third kappa shape index (κ3) is 6.56. The molecule has 0 aliphatic carbocycles. The van der Waals surface area contributed by atoms with E-state index in [1.165, 1.54) is 31.4 Å². The fourth-order valence-corrected chi connectivity index (χ4v) is 6.10.